The second-order valence-corrected chi connectivity index (χ2v) is 7.07. The van der Waals surface area contributed by atoms with Gasteiger partial charge in [-0.15, -0.1) is 0 Å². The number of aryl methyl sites for hydroxylation is 1. The molecule has 21 heavy (non-hydrogen) atoms. The minimum atomic E-state index is 0.0150. The lowest BCUT2D eigenvalue weighted by Gasteiger charge is -2.29. The van der Waals surface area contributed by atoms with Gasteiger partial charge < -0.3 is 15.5 Å². The highest BCUT2D eigenvalue weighted by atomic mass is 15.3. The molecular weight excluding hydrogens is 264 g/mol. The third kappa shape index (κ3) is 3.37. The van der Waals surface area contributed by atoms with E-state index in [1.165, 1.54) is 5.56 Å². The Bertz CT molecular complexity index is 523. The standard InChI is InChI=1S/C15H28N6/c1-15(2,3)13-11(10-20(6)18-13)12-9-17-14(16)21(12)8-7-19(4)5/h10,12H,7-9H2,1-6H3,(H2,16,17). The van der Waals surface area contributed by atoms with Crippen molar-refractivity contribution in [3.8, 4) is 0 Å². The Morgan fingerprint density at radius 1 is 1.38 bits per heavy atom. The minimum absolute atomic E-state index is 0.0150. The molecule has 1 atom stereocenters. The van der Waals surface area contributed by atoms with E-state index in [2.05, 4.69) is 61.0 Å². The molecule has 2 N–H and O–H groups in total. The first-order valence-corrected chi connectivity index (χ1v) is 7.45. The largest absolute Gasteiger partial charge is 0.370 e. The Morgan fingerprint density at radius 3 is 2.62 bits per heavy atom. The number of hydrogen-bond donors (Lipinski definition) is 1. The van der Waals surface area contributed by atoms with Crippen LogP contribution in [0.3, 0.4) is 0 Å². The Balaban J connectivity index is 2.29. The highest BCUT2D eigenvalue weighted by Gasteiger charge is 2.33. The van der Waals surface area contributed by atoms with Gasteiger partial charge in [0.05, 0.1) is 18.3 Å². The number of aromatic nitrogens is 2. The smallest absolute Gasteiger partial charge is 0.191 e. The first-order valence-electron chi connectivity index (χ1n) is 7.45. The maximum Gasteiger partial charge on any atom is 0.191 e. The Labute approximate surface area is 127 Å². The molecule has 0 saturated heterocycles. The summed E-state index contributed by atoms with van der Waals surface area (Å²) in [7, 11) is 6.12. The van der Waals surface area contributed by atoms with Crippen molar-refractivity contribution < 1.29 is 0 Å². The van der Waals surface area contributed by atoms with E-state index in [-0.39, 0.29) is 11.5 Å². The average molecular weight is 292 g/mol. The number of guanidine groups is 1. The minimum Gasteiger partial charge on any atom is -0.370 e. The van der Waals surface area contributed by atoms with Crippen molar-refractivity contribution in [2.24, 2.45) is 17.8 Å². The van der Waals surface area contributed by atoms with Crippen molar-refractivity contribution >= 4 is 5.96 Å². The van der Waals surface area contributed by atoms with Crippen LogP contribution in [0.5, 0.6) is 0 Å². The summed E-state index contributed by atoms with van der Waals surface area (Å²) in [5, 5.41) is 4.67. The maximum atomic E-state index is 6.09. The van der Waals surface area contributed by atoms with Crippen molar-refractivity contribution in [2.45, 2.75) is 32.2 Å². The fourth-order valence-electron chi connectivity index (χ4n) is 2.71. The zero-order chi connectivity index (χ0) is 15.8. The van der Waals surface area contributed by atoms with Crippen molar-refractivity contribution in [1.29, 1.82) is 0 Å². The van der Waals surface area contributed by atoms with Crippen LogP contribution in [0.15, 0.2) is 11.2 Å². The third-order valence-electron chi connectivity index (χ3n) is 3.81. The molecule has 1 aromatic rings. The van der Waals surface area contributed by atoms with E-state index in [9.17, 15) is 0 Å². The van der Waals surface area contributed by atoms with Crippen molar-refractivity contribution in [2.75, 3.05) is 33.7 Å². The molecular formula is C15H28N6. The quantitative estimate of drug-likeness (QED) is 0.897. The van der Waals surface area contributed by atoms with E-state index < -0.39 is 0 Å². The summed E-state index contributed by atoms with van der Waals surface area (Å²) in [5.41, 5.74) is 8.48. The zero-order valence-electron chi connectivity index (χ0n) is 14.1. The predicted molar refractivity (Wildman–Crippen MR) is 86.4 cm³/mol. The summed E-state index contributed by atoms with van der Waals surface area (Å²) < 4.78 is 1.90. The molecule has 1 unspecified atom stereocenters. The third-order valence-corrected chi connectivity index (χ3v) is 3.81. The number of rotatable bonds is 4. The van der Waals surface area contributed by atoms with Gasteiger partial charge in [0.1, 0.15) is 0 Å². The van der Waals surface area contributed by atoms with Crippen LogP contribution in [0.1, 0.15) is 38.1 Å². The van der Waals surface area contributed by atoms with E-state index in [0.29, 0.717) is 12.5 Å². The predicted octanol–water partition coefficient (Wildman–Crippen LogP) is 0.951. The Morgan fingerprint density at radius 2 is 2.05 bits per heavy atom. The van der Waals surface area contributed by atoms with Gasteiger partial charge in [-0.2, -0.15) is 5.10 Å². The van der Waals surface area contributed by atoms with Crippen LogP contribution < -0.4 is 5.73 Å². The van der Waals surface area contributed by atoms with Gasteiger partial charge in [0.15, 0.2) is 5.96 Å². The average Bonchev–Trinajstić information content (AvgIpc) is 2.89. The lowest BCUT2D eigenvalue weighted by Crippen LogP contribution is -2.40. The molecule has 6 nitrogen and oxygen atoms in total. The van der Waals surface area contributed by atoms with Gasteiger partial charge in [-0.05, 0) is 14.1 Å². The normalized spacial score (nSPS) is 19.5. The van der Waals surface area contributed by atoms with Gasteiger partial charge in [-0.1, -0.05) is 20.8 Å². The molecule has 0 saturated carbocycles. The summed E-state index contributed by atoms with van der Waals surface area (Å²) in [6.45, 7) is 9.14. The van der Waals surface area contributed by atoms with Gasteiger partial charge >= 0.3 is 0 Å². The summed E-state index contributed by atoms with van der Waals surface area (Å²) >= 11 is 0. The molecule has 0 fully saturated rings. The van der Waals surface area contributed by atoms with Crippen molar-refractivity contribution in [3.05, 3.63) is 17.5 Å². The highest BCUT2D eigenvalue weighted by Crippen LogP contribution is 2.33. The summed E-state index contributed by atoms with van der Waals surface area (Å²) in [6.07, 6.45) is 2.11. The maximum absolute atomic E-state index is 6.09. The molecule has 1 aliphatic heterocycles. The lowest BCUT2D eigenvalue weighted by atomic mass is 9.87. The molecule has 0 radical (unpaired) electrons. The zero-order valence-corrected chi connectivity index (χ0v) is 14.1. The van der Waals surface area contributed by atoms with Crippen LogP contribution in [-0.2, 0) is 12.5 Å². The molecule has 0 bridgehead atoms. The van der Waals surface area contributed by atoms with Gasteiger partial charge in [0.25, 0.3) is 0 Å². The monoisotopic (exact) mass is 292 g/mol. The van der Waals surface area contributed by atoms with E-state index in [4.69, 9.17) is 5.73 Å². The summed E-state index contributed by atoms with van der Waals surface area (Å²) in [5.74, 6) is 0.644. The second-order valence-electron chi connectivity index (χ2n) is 7.07. The van der Waals surface area contributed by atoms with Crippen LogP contribution in [0.4, 0.5) is 0 Å². The van der Waals surface area contributed by atoms with Crippen molar-refractivity contribution in [1.82, 2.24) is 19.6 Å². The van der Waals surface area contributed by atoms with Crippen molar-refractivity contribution in [3.63, 3.8) is 0 Å². The molecule has 1 aromatic heterocycles. The van der Waals surface area contributed by atoms with Crippen LogP contribution in [-0.4, -0.2) is 59.3 Å². The lowest BCUT2D eigenvalue weighted by molar-refractivity contribution is 0.291. The molecule has 0 aliphatic carbocycles. The van der Waals surface area contributed by atoms with Crippen LogP contribution >= 0.6 is 0 Å². The summed E-state index contributed by atoms with van der Waals surface area (Å²) in [6, 6.07) is 0.202. The molecule has 0 spiro atoms. The molecule has 0 amide bonds. The van der Waals surface area contributed by atoms with Gasteiger partial charge in [-0.3, -0.25) is 9.67 Å². The van der Waals surface area contributed by atoms with Gasteiger partial charge in [-0.25, -0.2) is 0 Å². The van der Waals surface area contributed by atoms with E-state index >= 15 is 0 Å². The van der Waals surface area contributed by atoms with Crippen LogP contribution in [0.2, 0.25) is 0 Å². The first kappa shape index (κ1) is 15.8. The molecule has 2 rings (SSSR count). The molecule has 118 valence electrons. The number of aliphatic imine (C=N–C) groups is 1. The van der Waals surface area contributed by atoms with Crippen LogP contribution in [0, 0.1) is 0 Å². The SMILES string of the molecule is CN(C)CCN1C(N)=NCC1c1cn(C)nc1C(C)(C)C. The molecule has 1 aliphatic rings. The fourth-order valence-corrected chi connectivity index (χ4v) is 2.71. The van der Waals surface area contributed by atoms with Crippen LogP contribution in [0.25, 0.3) is 0 Å². The number of nitrogens with two attached hydrogens (primary N) is 1. The Kier molecular flexibility index (Phi) is 4.27. The van der Waals surface area contributed by atoms with E-state index in [1.54, 1.807) is 0 Å². The summed E-state index contributed by atoms with van der Waals surface area (Å²) in [4.78, 5) is 8.81. The van der Waals surface area contributed by atoms with Gasteiger partial charge in [0.2, 0.25) is 0 Å². The van der Waals surface area contributed by atoms with E-state index in [1.807, 2.05) is 11.7 Å². The topological polar surface area (TPSA) is 62.7 Å². The molecule has 0 aromatic carbocycles. The van der Waals surface area contributed by atoms with Gasteiger partial charge in [0, 0.05) is 37.3 Å². The molecule has 6 heteroatoms. The number of nitrogens with zero attached hydrogens (tertiary/aromatic N) is 5. The van der Waals surface area contributed by atoms with E-state index in [0.717, 1.165) is 18.8 Å². The second kappa shape index (κ2) is 5.67. The highest BCUT2D eigenvalue weighted by molar-refractivity contribution is 5.80. The molecule has 2 heterocycles. The number of likely N-dealkylation sites (N-methyl/N-ethyl adjacent to an activating group) is 1. The Hall–Kier alpha value is -1.56. The fraction of sp³-hybridized carbons (Fsp3) is 0.733. The number of hydrogen-bond acceptors (Lipinski definition) is 5. The first-order chi connectivity index (χ1) is 9.70.